The number of rotatable bonds is 3. The number of ether oxygens (including phenoxy) is 1. The Kier molecular flexibility index (Phi) is 3.97. The van der Waals surface area contributed by atoms with E-state index in [-0.39, 0.29) is 12.1 Å². The first kappa shape index (κ1) is 16.9. The van der Waals surface area contributed by atoms with E-state index in [9.17, 15) is 10.5 Å². The Bertz CT molecular complexity index is 1100. The smallest absolute Gasteiger partial charge is 0.179 e. The fraction of sp³-hybridized carbons (Fsp3) is 0.368. The summed E-state index contributed by atoms with van der Waals surface area (Å²) in [5.41, 5.74) is 4.05. The molecule has 3 aromatic heterocycles. The predicted octanol–water partition coefficient (Wildman–Crippen LogP) is 2.50. The molecule has 1 fully saturated rings. The second-order valence-corrected chi connectivity index (χ2v) is 6.84. The number of aromatic nitrogens is 4. The number of methoxy groups -OCH3 is 1. The van der Waals surface area contributed by atoms with Crippen molar-refractivity contribution >= 4 is 5.52 Å². The molecule has 4 rings (SSSR count). The number of hydrogen-bond donors (Lipinski definition) is 0. The maximum Gasteiger partial charge on any atom is 0.179 e. The molecule has 1 saturated heterocycles. The third-order valence-corrected chi connectivity index (χ3v) is 5.30. The first-order chi connectivity index (χ1) is 13.1. The molecule has 27 heavy (non-hydrogen) atoms. The van der Waals surface area contributed by atoms with Crippen LogP contribution in [0.15, 0.2) is 24.7 Å². The molecule has 0 spiro atoms. The fourth-order valence-corrected chi connectivity index (χ4v) is 3.86. The Balaban J connectivity index is 1.76. The van der Waals surface area contributed by atoms with Gasteiger partial charge in [-0.2, -0.15) is 20.7 Å². The van der Waals surface area contributed by atoms with Gasteiger partial charge in [0.1, 0.15) is 22.9 Å². The van der Waals surface area contributed by atoms with Gasteiger partial charge in [-0.1, -0.05) is 0 Å². The van der Waals surface area contributed by atoms with E-state index in [4.69, 9.17) is 4.74 Å². The lowest BCUT2D eigenvalue weighted by Crippen LogP contribution is -2.21. The van der Waals surface area contributed by atoms with Gasteiger partial charge in [0.2, 0.25) is 0 Å². The summed E-state index contributed by atoms with van der Waals surface area (Å²) in [6.07, 6.45) is 8.40. The van der Waals surface area contributed by atoms with E-state index in [1.54, 1.807) is 16.5 Å². The standard InChI is InChI=1S/C19H19N7O/c1-12-4-16(10-24(12)11-21)26-13(2)17(8-23-26)14-5-18(27-3)19-15(6-20)7-22-25(19)9-14/h5,7-9,12,16H,4,10H2,1-3H3/t12-,16+/m0/s1. The number of likely N-dealkylation sites (tertiary alicyclic amines) is 1. The molecule has 0 radical (unpaired) electrons. The fourth-order valence-electron chi connectivity index (χ4n) is 3.86. The summed E-state index contributed by atoms with van der Waals surface area (Å²) in [5, 5.41) is 27.4. The number of pyridine rings is 1. The molecule has 0 saturated carbocycles. The van der Waals surface area contributed by atoms with Crippen molar-refractivity contribution in [2.75, 3.05) is 13.7 Å². The third kappa shape index (κ3) is 2.58. The monoisotopic (exact) mass is 361 g/mol. The van der Waals surface area contributed by atoms with E-state index < -0.39 is 0 Å². The van der Waals surface area contributed by atoms with Crippen molar-refractivity contribution in [2.24, 2.45) is 0 Å². The first-order valence-electron chi connectivity index (χ1n) is 8.73. The van der Waals surface area contributed by atoms with Crippen molar-refractivity contribution in [2.45, 2.75) is 32.4 Å². The zero-order valence-electron chi connectivity index (χ0n) is 15.4. The highest BCUT2D eigenvalue weighted by atomic mass is 16.5. The molecular weight excluding hydrogens is 342 g/mol. The summed E-state index contributed by atoms with van der Waals surface area (Å²) >= 11 is 0. The van der Waals surface area contributed by atoms with Crippen molar-refractivity contribution in [3.63, 3.8) is 0 Å². The molecule has 0 aliphatic carbocycles. The van der Waals surface area contributed by atoms with Gasteiger partial charge in [0, 0.05) is 29.1 Å². The topological polar surface area (TPSA) is 95.2 Å². The van der Waals surface area contributed by atoms with E-state index in [1.165, 1.54) is 6.20 Å². The van der Waals surface area contributed by atoms with Crippen molar-refractivity contribution in [1.29, 1.82) is 10.5 Å². The quantitative estimate of drug-likeness (QED) is 0.665. The molecule has 1 aliphatic heterocycles. The van der Waals surface area contributed by atoms with Gasteiger partial charge < -0.3 is 9.64 Å². The van der Waals surface area contributed by atoms with Gasteiger partial charge in [0.15, 0.2) is 6.19 Å². The Morgan fingerprint density at radius 2 is 2.07 bits per heavy atom. The maximum atomic E-state index is 9.26. The summed E-state index contributed by atoms with van der Waals surface area (Å²) in [6, 6.07) is 4.44. The van der Waals surface area contributed by atoms with Crippen LogP contribution < -0.4 is 4.74 Å². The van der Waals surface area contributed by atoms with Gasteiger partial charge in [0.05, 0.1) is 32.1 Å². The van der Waals surface area contributed by atoms with Crippen molar-refractivity contribution < 1.29 is 4.74 Å². The average Bonchev–Trinajstić information content (AvgIpc) is 3.36. The van der Waals surface area contributed by atoms with E-state index >= 15 is 0 Å². The lowest BCUT2D eigenvalue weighted by Gasteiger charge is -2.13. The number of hydrogen-bond acceptors (Lipinski definition) is 6. The van der Waals surface area contributed by atoms with Crippen molar-refractivity contribution in [3.8, 4) is 29.1 Å². The minimum absolute atomic E-state index is 0.175. The summed E-state index contributed by atoms with van der Waals surface area (Å²) in [5.74, 6) is 0.596. The van der Waals surface area contributed by atoms with Gasteiger partial charge >= 0.3 is 0 Å². The highest BCUT2D eigenvalue weighted by Crippen LogP contribution is 2.34. The Labute approximate surface area is 156 Å². The van der Waals surface area contributed by atoms with Gasteiger partial charge in [-0.3, -0.25) is 4.68 Å². The summed E-state index contributed by atoms with van der Waals surface area (Å²) in [4.78, 5) is 1.80. The Morgan fingerprint density at radius 1 is 1.26 bits per heavy atom. The van der Waals surface area contributed by atoms with Crippen molar-refractivity contribution in [1.82, 2.24) is 24.3 Å². The van der Waals surface area contributed by atoms with Gasteiger partial charge in [-0.15, -0.1) is 0 Å². The zero-order chi connectivity index (χ0) is 19.1. The molecule has 2 atom stereocenters. The maximum absolute atomic E-state index is 9.26. The second-order valence-electron chi connectivity index (χ2n) is 6.84. The lowest BCUT2D eigenvalue weighted by molar-refractivity contribution is 0.378. The summed E-state index contributed by atoms with van der Waals surface area (Å²) < 4.78 is 9.17. The molecule has 0 N–H and O–H groups in total. The minimum Gasteiger partial charge on any atom is -0.494 e. The molecule has 8 heteroatoms. The van der Waals surface area contributed by atoms with Gasteiger partial charge in [-0.25, -0.2) is 4.52 Å². The number of nitriles is 2. The lowest BCUT2D eigenvalue weighted by atomic mass is 10.1. The van der Waals surface area contributed by atoms with Gasteiger partial charge in [-0.05, 0) is 26.3 Å². The van der Waals surface area contributed by atoms with Crippen LogP contribution in [0, 0.1) is 29.7 Å². The molecular formula is C19H19N7O. The van der Waals surface area contributed by atoms with E-state index in [0.29, 0.717) is 23.4 Å². The predicted molar refractivity (Wildman–Crippen MR) is 97.9 cm³/mol. The molecule has 0 amide bonds. The molecule has 3 aromatic rings. The van der Waals surface area contributed by atoms with Crippen LogP contribution in [0.25, 0.3) is 16.6 Å². The number of fused-ring (bicyclic) bond motifs is 1. The Hall–Kier alpha value is -3.52. The number of nitrogens with zero attached hydrogens (tertiary/aromatic N) is 7. The molecule has 0 unspecified atom stereocenters. The van der Waals surface area contributed by atoms with Crippen LogP contribution in [0.3, 0.4) is 0 Å². The molecule has 0 aromatic carbocycles. The second kappa shape index (κ2) is 6.33. The van der Waals surface area contributed by atoms with Crippen LogP contribution in [0.5, 0.6) is 5.75 Å². The molecule has 4 heterocycles. The van der Waals surface area contributed by atoms with Crippen LogP contribution in [-0.4, -0.2) is 44.0 Å². The van der Waals surface area contributed by atoms with Crippen molar-refractivity contribution in [3.05, 3.63) is 35.9 Å². The third-order valence-electron chi connectivity index (χ3n) is 5.30. The van der Waals surface area contributed by atoms with Crippen LogP contribution in [0.4, 0.5) is 0 Å². The zero-order valence-corrected chi connectivity index (χ0v) is 15.4. The minimum atomic E-state index is 0.175. The van der Waals surface area contributed by atoms with E-state index in [0.717, 1.165) is 23.2 Å². The highest BCUT2D eigenvalue weighted by molar-refractivity contribution is 5.75. The molecule has 136 valence electrons. The molecule has 1 aliphatic rings. The van der Waals surface area contributed by atoms with E-state index in [2.05, 4.69) is 29.4 Å². The largest absolute Gasteiger partial charge is 0.494 e. The summed E-state index contributed by atoms with van der Waals surface area (Å²) in [7, 11) is 1.58. The van der Waals surface area contributed by atoms with Crippen LogP contribution in [0.2, 0.25) is 0 Å². The average molecular weight is 361 g/mol. The molecule has 0 bridgehead atoms. The van der Waals surface area contributed by atoms with Crippen LogP contribution in [0.1, 0.15) is 30.6 Å². The normalized spacial score (nSPS) is 19.2. The summed E-state index contributed by atoms with van der Waals surface area (Å²) in [6.45, 7) is 4.77. The highest BCUT2D eigenvalue weighted by Gasteiger charge is 2.31. The Morgan fingerprint density at radius 3 is 2.74 bits per heavy atom. The molecule has 8 nitrogen and oxygen atoms in total. The van der Waals surface area contributed by atoms with Gasteiger partial charge in [0.25, 0.3) is 0 Å². The SMILES string of the molecule is COc1cc(-c2cnn([C@@H]3C[C@H](C)N(C#N)C3)c2C)cn2ncc(C#N)c12. The first-order valence-corrected chi connectivity index (χ1v) is 8.73. The van der Waals surface area contributed by atoms with Crippen LogP contribution in [-0.2, 0) is 0 Å². The van der Waals surface area contributed by atoms with E-state index in [1.807, 2.05) is 30.1 Å². The van der Waals surface area contributed by atoms with Crippen LogP contribution >= 0.6 is 0 Å².